The quantitative estimate of drug-likeness (QED) is 0.773. The van der Waals surface area contributed by atoms with E-state index in [1.54, 1.807) is 0 Å². The van der Waals surface area contributed by atoms with E-state index in [4.69, 9.17) is 0 Å². The average Bonchev–Trinajstić information content (AvgIpc) is 2.50. The van der Waals surface area contributed by atoms with Crippen LogP contribution in [0.3, 0.4) is 0 Å². The first-order valence-corrected chi connectivity index (χ1v) is 5.71. The van der Waals surface area contributed by atoms with Gasteiger partial charge >= 0.3 is 0 Å². The van der Waals surface area contributed by atoms with Crippen molar-refractivity contribution in [1.82, 2.24) is 19.8 Å². The van der Waals surface area contributed by atoms with Crippen LogP contribution in [-0.4, -0.2) is 40.6 Å². The van der Waals surface area contributed by atoms with Crippen molar-refractivity contribution in [2.75, 3.05) is 20.1 Å². The zero-order valence-corrected chi connectivity index (χ0v) is 9.61. The van der Waals surface area contributed by atoms with E-state index in [-0.39, 0.29) is 0 Å². The molecule has 0 bridgehead atoms. The smallest absolute Gasteiger partial charge is 0.0948 e. The van der Waals surface area contributed by atoms with Crippen molar-refractivity contribution >= 4 is 0 Å². The third-order valence-electron chi connectivity index (χ3n) is 3.06. The molecule has 0 saturated carbocycles. The minimum absolute atomic E-state index is 0.704. The summed E-state index contributed by atoms with van der Waals surface area (Å²) in [6, 6.07) is 0.704. The molecule has 4 heteroatoms. The maximum atomic E-state index is 4.22. The van der Waals surface area contributed by atoms with E-state index in [2.05, 4.69) is 33.7 Å². The van der Waals surface area contributed by atoms with Gasteiger partial charge in [-0.05, 0) is 13.5 Å². The molecule has 1 saturated heterocycles. The molecule has 4 nitrogen and oxygen atoms in total. The van der Waals surface area contributed by atoms with Crippen LogP contribution in [0.15, 0.2) is 12.5 Å². The van der Waals surface area contributed by atoms with Crippen molar-refractivity contribution in [3.8, 4) is 0 Å². The second-order valence-electron chi connectivity index (χ2n) is 4.31. The highest BCUT2D eigenvalue weighted by Crippen LogP contribution is 2.09. The van der Waals surface area contributed by atoms with Gasteiger partial charge in [0.2, 0.25) is 0 Å². The molecule has 1 aliphatic rings. The normalized spacial score (nSPS) is 17.0. The van der Waals surface area contributed by atoms with Crippen molar-refractivity contribution < 1.29 is 0 Å². The van der Waals surface area contributed by atoms with E-state index >= 15 is 0 Å². The van der Waals surface area contributed by atoms with Gasteiger partial charge in [-0.15, -0.1) is 0 Å². The third kappa shape index (κ3) is 2.38. The minimum atomic E-state index is 0.704. The van der Waals surface area contributed by atoms with Crippen LogP contribution in [0.25, 0.3) is 0 Å². The first-order valence-electron chi connectivity index (χ1n) is 5.71. The van der Waals surface area contributed by atoms with Gasteiger partial charge in [0, 0.05) is 38.4 Å². The first-order chi connectivity index (χ1) is 7.31. The Bertz CT molecular complexity index is 303. The van der Waals surface area contributed by atoms with Crippen LogP contribution in [0, 0.1) is 0 Å². The second-order valence-corrected chi connectivity index (χ2v) is 4.31. The Kier molecular flexibility index (Phi) is 3.38. The van der Waals surface area contributed by atoms with Gasteiger partial charge in [-0.2, -0.15) is 0 Å². The SMILES string of the molecule is CCCn1cncc1CN(C)C1CNC1. The van der Waals surface area contributed by atoms with Crippen molar-refractivity contribution in [2.24, 2.45) is 0 Å². The number of hydrogen-bond donors (Lipinski definition) is 1. The number of hydrogen-bond acceptors (Lipinski definition) is 3. The zero-order valence-electron chi connectivity index (χ0n) is 9.61. The van der Waals surface area contributed by atoms with Gasteiger partial charge in [-0.1, -0.05) is 6.92 Å². The molecule has 2 heterocycles. The summed E-state index contributed by atoms with van der Waals surface area (Å²) < 4.78 is 2.25. The molecule has 0 unspecified atom stereocenters. The van der Waals surface area contributed by atoms with Crippen molar-refractivity contribution in [3.05, 3.63) is 18.2 Å². The van der Waals surface area contributed by atoms with Gasteiger partial charge in [0.05, 0.1) is 12.0 Å². The number of rotatable bonds is 5. The largest absolute Gasteiger partial charge is 0.333 e. The highest BCUT2D eigenvalue weighted by molar-refractivity contribution is 4.99. The van der Waals surface area contributed by atoms with E-state index in [1.165, 1.54) is 5.69 Å². The molecule has 0 aliphatic carbocycles. The predicted molar refractivity (Wildman–Crippen MR) is 60.6 cm³/mol. The second kappa shape index (κ2) is 4.77. The molecule has 1 N–H and O–H groups in total. The van der Waals surface area contributed by atoms with Gasteiger partial charge in [0.25, 0.3) is 0 Å². The molecule has 1 fully saturated rings. The number of aryl methyl sites for hydroxylation is 1. The molecule has 0 atom stereocenters. The fourth-order valence-electron chi connectivity index (χ4n) is 1.89. The van der Waals surface area contributed by atoms with E-state index in [0.29, 0.717) is 6.04 Å². The number of aromatic nitrogens is 2. The molecule has 2 rings (SSSR count). The fraction of sp³-hybridized carbons (Fsp3) is 0.727. The van der Waals surface area contributed by atoms with E-state index in [1.807, 2.05) is 12.5 Å². The summed E-state index contributed by atoms with van der Waals surface area (Å²) in [5.41, 5.74) is 1.33. The lowest BCUT2D eigenvalue weighted by atomic mass is 10.1. The third-order valence-corrected chi connectivity index (χ3v) is 3.06. The first kappa shape index (κ1) is 10.6. The Morgan fingerprint density at radius 2 is 2.40 bits per heavy atom. The number of likely N-dealkylation sites (N-methyl/N-ethyl adjacent to an activating group) is 1. The number of nitrogens with one attached hydrogen (secondary N) is 1. The highest BCUT2D eigenvalue weighted by Gasteiger charge is 2.21. The maximum Gasteiger partial charge on any atom is 0.0948 e. The van der Waals surface area contributed by atoms with E-state index < -0.39 is 0 Å². The fourth-order valence-corrected chi connectivity index (χ4v) is 1.89. The Labute approximate surface area is 91.3 Å². The number of nitrogens with zero attached hydrogens (tertiary/aromatic N) is 3. The van der Waals surface area contributed by atoms with Crippen molar-refractivity contribution in [3.63, 3.8) is 0 Å². The topological polar surface area (TPSA) is 33.1 Å². The van der Waals surface area contributed by atoms with Crippen molar-refractivity contribution in [2.45, 2.75) is 32.5 Å². The van der Waals surface area contributed by atoms with Gasteiger partial charge in [-0.25, -0.2) is 4.98 Å². The van der Waals surface area contributed by atoms with Crippen LogP contribution in [-0.2, 0) is 13.1 Å². The van der Waals surface area contributed by atoms with Crippen LogP contribution >= 0.6 is 0 Å². The maximum absolute atomic E-state index is 4.22. The standard InChI is InChI=1S/C11H20N4/c1-3-4-15-9-13-7-11(15)8-14(2)10-5-12-6-10/h7,9-10,12H,3-6,8H2,1-2H3. The lowest BCUT2D eigenvalue weighted by Crippen LogP contribution is -2.55. The van der Waals surface area contributed by atoms with Gasteiger partial charge < -0.3 is 9.88 Å². The Hall–Kier alpha value is -0.870. The van der Waals surface area contributed by atoms with E-state index in [0.717, 1.165) is 32.6 Å². The molecular formula is C11H20N4. The van der Waals surface area contributed by atoms with Crippen LogP contribution in [0.5, 0.6) is 0 Å². The Morgan fingerprint density at radius 3 is 3.00 bits per heavy atom. The van der Waals surface area contributed by atoms with Crippen LogP contribution in [0.4, 0.5) is 0 Å². The molecule has 0 amide bonds. The van der Waals surface area contributed by atoms with Crippen LogP contribution < -0.4 is 5.32 Å². The summed E-state index contributed by atoms with van der Waals surface area (Å²) >= 11 is 0. The molecule has 0 aromatic carbocycles. The summed E-state index contributed by atoms with van der Waals surface area (Å²) in [5, 5.41) is 3.30. The average molecular weight is 208 g/mol. The summed E-state index contributed by atoms with van der Waals surface area (Å²) in [6.45, 7) is 6.53. The van der Waals surface area contributed by atoms with Crippen molar-refractivity contribution in [1.29, 1.82) is 0 Å². The molecule has 0 spiro atoms. The predicted octanol–water partition coefficient (Wildman–Crippen LogP) is 0.697. The zero-order chi connectivity index (χ0) is 10.7. The Balaban J connectivity index is 1.93. The molecule has 84 valence electrons. The lowest BCUT2D eigenvalue weighted by Gasteiger charge is -2.35. The molecule has 1 aliphatic heterocycles. The van der Waals surface area contributed by atoms with Gasteiger partial charge in [-0.3, -0.25) is 4.90 Å². The number of imidazole rings is 1. The molecule has 15 heavy (non-hydrogen) atoms. The minimum Gasteiger partial charge on any atom is -0.333 e. The van der Waals surface area contributed by atoms with E-state index in [9.17, 15) is 0 Å². The summed E-state index contributed by atoms with van der Waals surface area (Å²) in [5.74, 6) is 0. The lowest BCUT2D eigenvalue weighted by molar-refractivity contribution is 0.169. The summed E-state index contributed by atoms with van der Waals surface area (Å²) in [7, 11) is 2.19. The monoisotopic (exact) mass is 208 g/mol. The summed E-state index contributed by atoms with van der Waals surface area (Å²) in [4.78, 5) is 6.62. The molecule has 0 radical (unpaired) electrons. The molecule has 1 aromatic rings. The summed E-state index contributed by atoms with van der Waals surface area (Å²) in [6.07, 6.45) is 5.09. The van der Waals surface area contributed by atoms with Crippen LogP contribution in [0.1, 0.15) is 19.0 Å². The highest BCUT2D eigenvalue weighted by atomic mass is 15.2. The molecule has 1 aromatic heterocycles. The van der Waals surface area contributed by atoms with Crippen LogP contribution in [0.2, 0.25) is 0 Å². The van der Waals surface area contributed by atoms with Gasteiger partial charge in [0.1, 0.15) is 0 Å². The van der Waals surface area contributed by atoms with Gasteiger partial charge in [0.15, 0.2) is 0 Å². The molecular weight excluding hydrogens is 188 g/mol. The Morgan fingerprint density at radius 1 is 1.60 bits per heavy atom.